The van der Waals surface area contributed by atoms with E-state index >= 15 is 0 Å². The van der Waals surface area contributed by atoms with Crippen molar-refractivity contribution in [2.75, 3.05) is 59.7 Å². The molecule has 6 nitrogen and oxygen atoms in total. The Labute approximate surface area is 137 Å². The molecule has 0 bridgehead atoms. The van der Waals surface area contributed by atoms with Crippen molar-refractivity contribution >= 4 is 5.84 Å². The highest BCUT2D eigenvalue weighted by Gasteiger charge is 2.13. The van der Waals surface area contributed by atoms with Gasteiger partial charge in [0.1, 0.15) is 12.4 Å². The molecule has 1 aromatic carbocycles. The molecule has 2 heterocycles. The lowest BCUT2D eigenvalue weighted by atomic mass is 10.1. The van der Waals surface area contributed by atoms with E-state index in [2.05, 4.69) is 15.2 Å². The predicted molar refractivity (Wildman–Crippen MR) is 89.8 cm³/mol. The van der Waals surface area contributed by atoms with E-state index in [-0.39, 0.29) is 0 Å². The summed E-state index contributed by atoms with van der Waals surface area (Å²) in [5.74, 6) is 2.47. The molecule has 0 saturated carbocycles. The van der Waals surface area contributed by atoms with Gasteiger partial charge in [0.15, 0.2) is 11.5 Å². The predicted octanol–water partition coefficient (Wildman–Crippen LogP) is 1.15. The summed E-state index contributed by atoms with van der Waals surface area (Å²) >= 11 is 0. The molecule has 2 aliphatic rings. The quantitative estimate of drug-likeness (QED) is 0.852. The van der Waals surface area contributed by atoms with Crippen molar-refractivity contribution < 1.29 is 14.2 Å². The Balaban J connectivity index is 1.59. The molecule has 1 aromatic rings. The van der Waals surface area contributed by atoms with Crippen LogP contribution in [0.5, 0.6) is 11.5 Å². The molecule has 126 valence electrons. The summed E-state index contributed by atoms with van der Waals surface area (Å²) in [6.45, 7) is 6.98. The van der Waals surface area contributed by atoms with Crippen molar-refractivity contribution in [1.29, 1.82) is 0 Å². The Bertz CT molecular complexity index is 542. The van der Waals surface area contributed by atoms with Crippen molar-refractivity contribution in [2.45, 2.75) is 6.42 Å². The Morgan fingerprint density at radius 1 is 1.26 bits per heavy atom. The minimum atomic E-state index is 0.648. The number of methoxy groups -OCH3 is 1. The zero-order valence-electron chi connectivity index (χ0n) is 13.7. The monoisotopic (exact) mass is 319 g/mol. The number of hydrogen-bond acceptors (Lipinski definition) is 6. The molecule has 1 N–H and O–H groups in total. The molecule has 23 heavy (non-hydrogen) atoms. The molecule has 2 aliphatic heterocycles. The first-order valence-electron chi connectivity index (χ1n) is 8.26. The van der Waals surface area contributed by atoms with Crippen LogP contribution >= 0.6 is 0 Å². The van der Waals surface area contributed by atoms with Crippen molar-refractivity contribution in [2.24, 2.45) is 4.99 Å². The molecule has 0 radical (unpaired) electrons. The van der Waals surface area contributed by atoms with Crippen LogP contribution in [0.2, 0.25) is 0 Å². The van der Waals surface area contributed by atoms with Gasteiger partial charge in [-0.05, 0) is 24.6 Å². The van der Waals surface area contributed by atoms with E-state index in [4.69, 9.17) is 14.2 Å². The summed E-state index contributed by atoms with van der Waals surface area (Å²) in [5.41, 5.74) is 1.04. The zero-order chi connectivity index (χ0) is 15.9. The summed E-state index contributed by atoms with van der Waals surface area (Å²) in [4.78, 5) is 6.87. The molecule has 1 fully saturated rings. The maximum absolute atomic E-state index is 5.91. The lowest BCUT2D eigenvalue weighted by molar-refractivity contribution is 0.0321. The highest BCUT2D eigenvalue weighted by molar-refractivity contribution is 5.99. The van der Waals surface area contributed by atoms with Crippen molar-refractivity contribution in [3.8, 4) is 11.5 Å². The molecule has 0 aliphatic carbocycles. The zero-order valence-corrected chi connectivity index (χ0v) is 13.7. The standard InChI is InChI=1S/C17H25N3O3/c1-21-16-13-14(17-18-5-2-6-19-17)3-4-15(16)23-12-9-20-7-10-22-11-8-20/h3-4,13H,2,5-12H2,1H3,(H,18,19). The number of morpholine rings is 1. The number of ether oxygens (including phenoxy) is 3. The Morgan fingerprint density at radius 2 is 2.13 bits per heavy atom. The fourth-order valence-electron chi connectivity index (χ4n) is 2.77. The summed E-state index contributed by atoms with van der Waals surface area (Å²) in [6, 6.07) is 5.98. The molecule has 0 unspecified atom stereocenters. The van der Waals surface area contributed by atoms with Crippen LogP contribution < -0.4 is 14.8 Å². The molecule has 0 atom stereocenters. The first kappa shape index (κ1) is 16.1. The average molecular weight is 319 g/mol. The Kier molecular flexibility index (Phi) is 5.71. The van der Waals surface area contributed by atoms with Crippen LogP contribution in [-0.2, 0) is 4.74 Å². The molecule has 0 amide bonds. The maximum Gasteiger partial charge on any atom is 0.161 e. The van der Waals surface area contributed by atoms with Gasteiger partial charge >= 0.3 is 0 Å². The van der Waals surface area contributed by atoms with E-state index in [1.807, 2.05) is 18.2 Å². The van der Waals surface area contributed by atoms with Gasteiger partial charge in [0.25, 0.3) is 0 Å². The van der Waals surface area contributed by atoms with Crippen LogP contribution in [0.15, 0.2) is 23.2 Å². The average Bonchev–Trinajstić information content (AvgIpc) is 2.63. The van der Waals surface area contributed by atoms with Gasteiger partial charge in [-0.1, -0.05) is 0 Å². The molecule has 6 heteroatoms. The van der Waals surface area contributed by atoms with E-state index in [0.717, 1.165) is 75.3 Å². The molecule has 1 saturated heterocycles. The fraction of sp³-hybridized carbons (Fsp3) is 0.588. The SMILES string of the molecule is COc1cc(C2=NCCCN2)ccc1OCCN1CCOCC1. The van der Waals surface area contributed by atoms with Gasteiger partial charge in [0.2, 0.25) is 0 Å². The first-order valence-corrected chi connectivity index (χ1v) is 8.26. The second-order valence-electron chi connectivity index (χ2n) is 5.68. The third kappa shape index (κ3) is 4.36. The minimum Gasteiger partial charge on any atom is -0.493 e. The number of amidine groups is 1. The van der Waals surface area contributed by atoms with Crippen molar-refractivity contribution in [3.63, 3.8) is 0 Å². The van der Waals surface area contributed by atoms with Gasteiger partial charge < -0.3 is 19.5 Å². The highest BCUT2D eigenvalue weighted by Crippen LogP contribution is 2.28. The summed E-state index contributed by atoms with van der Waals surface area (Å²) in [5, 5.41) is 3.33. The van der Waals surface area contributed by atoms with E-state index in [1.165, 1.54) is 0 Å². The minimum absolute atomic E-state index is 0.648. The summed E-state index contributed by atoms with van der Waals surface area (Å²) in [7, 11) is 1.67. The molecular formula is C17H25N3O3. The fourth-order valence-corrected chi connectivity index (χ4v) is 2.77. The number of nitrogens with zero attached hydrogens (tertiary/aromatic N) is 2. The lowest BCUT2D eigenvalue weighted by Crippen LogP contribution is -2.38. The van der Waals surface area contributed by atoms with Crippen LogP contribution in [0, 0.1) is 0 Å². The number of rotatable bonds is 6. The third-order valence-electron chi connectivity index (χ3n) is 4.10. The number of nitrogens with one attached hydrogen (secondary N) is 1. The molecule has 0 spiro atoms. The normalized spacial score (nSPS) is 18.9. The molecule has 0 aromatic heterocycles. The third-order valence-corrected chi connectivity index (χ3v) is 4.10. The Hall–Kier alpha value is -1.79. The van der Waals surface area contributed by atoms with E-state index in [0.29, 0.717) is 6.61 Å². The van der Waals surface area contributed by atoms with Crippen LogP contribution in [0.25, 0.3) is 0 Å². The van der Waals surface area contributed by atoms with Crippen LogP contribution in [0.1, 0.15) is 12.0 Å². The molecular weight excluding hydrogens is 294 g/mol. The van der Waals surface area contributed by atoms with Crippen LogP contribution in [0.4, 0.5) is 0 Å². The van der Waals surface area contributed by atoms with Gasteiger partial charge in [-0.15, -0.1) is 0 Å². The number of aliphatic imine (C=N–C) groups is 1. The summed E-state index contributed by atoms with van der Waals surface area (Å²) < 4.78 is 16.7. The number of benzene rings is 1. The Morgan fingerprint density at radius 3 is 2.87 bits per heavy atom. The highest BCUT2D eigenvalue weighted by atomic mass is 16.5. The van der Waals surface area contributed by atoms with Crippen LogP contribution in [0.3, 0.4) is 0 Å². The van der Waals surface area contributed by atoms with E-state index < -0.39 is 0 Å². The first-order chi connectivity index (χ1) is 11.4. The second kappa shape index (κ2) is 8.17. The second-order valence-corrected chi connectivity index (χ2v) is 5.68. The van der Waals surface area contributed by atoms with Gasteiger partial charge in [0, 0.05) is 38.3 Å². The maximum atomic E-state index is 5.91. The van der Waals surface area contributed by atoms with Crippen molar-refractivity contribution in [1.82, 2.24) is 10.2 Å². The van der Waals surface area contributed by atoms with Crippen LogP contribution in [-0.4, -0.2) is 70.4 Å². The van der Waals surface area contributed by atoms with Crippen molar-refractivity contribution in [3.05, 3.63) is 23.8 Å². The van der Waals surface area contributed by atoms with Gasteiger partial charge in [-0.25, -0.2) is 0 Å². The largest absolute Gasteiger partial charge is 0.493 e. The smallest absolute Gasteiger partial charge is 0.161 e. The van der Waals surface area contributed by atoms with Gasteiger partial charge in [-0.2, -0.15) is 0 Å². The topological polar surface area (TPSA) is 55.3 Å². The number of hydrogen-bond donors (Lipinski definition) is 1. The van der Waals surface area contributed by atoms with Gasteiger partial charge in [-0.3, -0.25) is 9.89 Å². The van der Waals surface area contributed by atoms with E-state index in [9.17, 15) is 0 Å². The summed E-state index contributed by atoms with van der Waals surface area (Å²) in [6.07, 6.45) is 1.09. The van der Waals surface area contributed by atoms with E-state index in [1.54, 1.807) is 7.11 Å². The van der Waals surface area contributed by atoms with Gasteiger partial charge in [0.05, 0.1) is 20.3 Å². The molecule has 3 rings (SSSR count). The lowest BCUT2D eigenvalue weighted by Gasteiger charge is -2.26.